The fourth-order valence-corrected chi connectivity index (χ4v) is 2.36. The summed E-state index contributed by atoms with van der Waals surface area (Å²) in [7, 11) is 0. The van der Waals surface area contributed by atoms with Crippen LogP contribution in [0.15, 0.2) is 54.6 Å². The number of hydrogen-bond acceptors (Lipinski definition) is 2. The van der Waals surface area contributed by atoms with Gasteiger partial charge in [-0.15, -0.1) is 0 Å². The Bertz CT molecular complexity index is 593. The maximum absolute atomic E-state index is 12.2. The third-order valence-electron chi connectivity index (χ3n) is 3.82. The largest absolute Gasteiger partial charge is 0.352 e. The Morgan fingerprint density at radius 3 is 2.36 bits per heavy atom. The number of amides is 1. The van der Waals surface area contributed by atoms with Crippen molar-refractivity contribution in [3.05, 3.63) is 71.3 Å². The number of nitrogens with one attached hydrogen (secondary N) is 1. The molecule has 2 atom stereocenters. The van der Waals surface area contributed by atoms with Crippen molar-refractivity contribution in [3.8, 4) is 0 Å². The van der Waals surface area contributed by atoms with Crippen LogP contribution in [-0.4, -0.2) is 11.9 Å². The quantitative estimate of drug-likeness (QED) is 0.860. The summed E-state index contributed by atoms with van der Waals surface area (Å²) in [5, 5.41) is 3.00. The first-order valence-electron chi connectivity index (χ1n) is 7.72. The van der Waals surface area contributed by atoms with Gasteiger partial charge in [-0.3, -0.25) is 4.79 Å². The standard InChI is InChI=1S/C19H24N2O/c1-14-8-12-17(13-9-14)18(20)19(22)21-15(2)10-11-16-6-4-3-5-7-16/h3-9,12-13,15,18H,10-11,20H2,1-2H3,(H,21,22). The van der Waals surface area contributed by atoms with Crippen LogP contribution in [0.2, 0.25) is 0 Å². The normalized spacial score (nSPS) is 13.4. The molecule has 3 nitrogen and oxygen atoms in total. The van der Waals surface area contributed by atoms with Gasteiger partial charge in [-0.05, 0) is 37.8 Å². The molecule has 0 aromatic heterocycles. The molecule has 0 aliphatic rings. The zero-order valence-electron chi connectivity index (χ0n) is 13.3. The van der Waals surface area contributed by atoms with Gasteiger partial charge in [0.15, 0.2) is 0 Å². The van der Waals surface area contributed by atoms with Crippen molar-refractivity contribution in [2.75, 3.05) is 0 Å². The average molecular weight is 296 g/mol. The zero-order chi connectivity index (χ0) is 15.9. The number of carbonyl (C=O) groups is 1. The predicted octanol–water partition coefficient (Wildman–Crippen LogP) is 3.13. The molecule has 22 heavy (non-hydrogen) atoms. The van der Waals surface area contributed by atoms with E-state index in [1.54, 1.807) is 0 Å². The maximum atomic E-state index is 12.2. The zero-order valence-corrected chi connectivity index (χ0v) is 13.3. The number of aryl methyl sites for hydroxylation is 2. The van der Waals surface area contributed by atoms with Crippen molar-refractivity contribution in [1.29, 1.82) is 0 Å². The lowest BCUT2D eigenvalue weighted by molar-refractivity contribution is -0.123. The maximum Gasteiger partial charge on any atom is 0.241 e. The minimum absolute atomic E-state index is 0.101. The number of rotatable bonds is 6. The Morgan fingerprint density at radius 2 is 1.73 bits per heavy atom. The van der Waals surface area contributed by atoms with E-state index in [4.69, 9.17) is 5.73 Å². The van der Waals surface area contributed by atoms with E-state index in [1.165, 1.54) is 5.56 Å². The second-order valence-electron chi connectivity index (χ2n) is 5.82. The molecule has 0 saturated carbocycles. The van der Waals surface area contributed by atoms with Crippen LogP contribution in [0.5, 0.6) is 0 Å². The summed E-state index contributed by atoms with van der Waals surface area (Å²) in [4.78, 5) is 12.2. The lowest BCUT2D eigenvalue weighted by Gasteiger charge is -2.18. The van der Waals surface area contributed by atoms with Gasteiger partial charge in [0.1, 0.15) is 6.04 Å². The molecule has 0 heterocycles. The van der Waals surface area contributed by atoms with Crippen molar-refractivity contribution in [2.24, 2.45) is 5.73 Å². The van der Waals surface area contributed by atoms with Crippen LogP contribution in [0.1, 0.15) is 36.1 Å². The molecule has 1 amide bonds. The minimum atomic E-state index is -0.611. The molecule has 2 rings (SSSR count). The summed E-state index contributed by atoms with van der Waals surface area (Å²) >= 11 is 0. The van der Waals surface area contributed by atoms with Crippen LogP contribution >= 0.6 is 0 Å². The number of benzene rings is 2. The van der Waals surface area contributed by atoms with E-state index < -0.39 is 6.04 Å². The summed E-state index contributed by atoms with van der Waals surface area (Å²) in [5.41, 5.74) is 9.32. The molecule has 116 valence electrons. The molecular formula is C19H24N2O. The molecule has 3 heteroatoms. The lowest BCUT2D eigenvalue weighted by Crippen LogP contribution is -2.39. The van der Waals surface area contributed by atoms with Gasteiger partial charge in [0.25, 0.3) is 0 Å². The molecule has 3 N–H and O–H groups in total. The van der Waals surface area contributed by atoms with Crippen LogP contribution in [0.3, 0.4) is 0 Å². The van der Waals surface area contributed by atoms with Gasteiger partial charge in [-0.25, -0.2) is 0 Å². The fraction of sp³-hybridized carbons (Fsp3) is 0.316. The number of hydrogen-bond donors (Lipinski definition) is 2. The third kappa shape index (κ3) is 4.71. The van der Waals surface area contributed by atoms with Gasteiger partial charge in [-0.1, -0.05) is 60.2 Å². The highest BCUT2D eigenvalue weighted by Crippen LogP contribution is 2.12. The van der Waals surface area contributed by atoms with Gasteiger partial charge in [0.2, 0.25) is 5.91 Å². The first-order valence-corrected chi connectivity index (χ1v) is 7.72. The summed E-state index contributed by atoms with van der Waals surface area (Å²) in [5.74, 6) is -0.121. The highest BCUT2D eigenvalue weighted by atomic mass is 16.2. The summed E-state index contributed by atoms with van der Waals surface area (Å²) < 4.78 is 0. The third-order valence-corrected chi connectivity index (χ3v) is 3.82. The van der Waals surface area contributed by atoms with Crippen LogP contribution in [0.25, 0.3) is 0 Å². The van der Waals surface area contributed by atoms with E-state index in [1.807, 2.05) is 56.3 Å². The van der Waals surface area contributed by atoms with Crippen LogP contribution < -0.4 is 11.1 Å². The summed E-state index contributed by atoms with van der Waals surface area (Å²) in [6, 6.07) is 17.5. The molecule has 2 aromatic rings. The topological polar surface area (TPSA) is 55.1 Å². The van der Waals surface area contributed by atoms with E-state index in [0.717, 1.165) is 24.0 Å². The van der Waals surface area contributed by atoms with Gasteiger partial charge in [-0.2, -0.15) is 0 Å². The van der Waals surface area contributed by atoms with E-state index in [0.29, 0.717) is 0 Å². The first-order chi connectivity index (χ1) is 10.6. The Balaban J connectivity index is 1.84. The fourth-order valence-electron chi connectivity index (χ4n) is 2.36. The summed E-state index contributed by atoms with van der Waals surface area (Å²) in [6.45, 7) is 4.03. The molecule has 0 bridgehead atoms. The second kappa shape index (κ2) is 7.76. The molecule has 0 aliphatic heterocycles. The molecule has 0 saturated heterocycles. The van der Waals surface area contributed by atoms with Crippen LogP contribution in [0, 0.1) is 6.92 Å². The van der Waals surface area contributed by atoms with Crippen LogP contribution in [-0.2, 0) is 11.2 Å². The average Bonchev–Trinajstić information content (AvgIpc) is 2.54. The molecule has 0 fully saturated rings. The molecule has 0 radical (unpaired) electrons. The molecular weight excluding hydrogens is 272 g/mol. The number of carbonyl (C=O) groups excluding carboxylic acids is 1. The minimum Gasteiger partial charge on any atom is -0.352 e. The predicted molar refractivity (Wildman–Crippen MR) is 90.5 cm³/mol. The van der Waals surface area contributed by atoms with E-state index >= 15 is 0 Å². The van der Waals surface area contributed by atoms with E-state index in [-0.39, 0.29) is 11.9 Å². The smallest absolute Gasteiger partial charge is 0.241 e. The van der Waals surface area contributed by atoms with Gasteiger partial charge < -0.3 is 11.1 Å². The lowest BCUT2D eigenvalue weighted by atomic mass is 10.0. The highest BCUT2D eigenvalue weighted by molar-refractivity contribution is 5.83. The van der Waals surface area contributed by atoms with Gasteiger partial charge in [0.05, 0.1) is 0 Å². The molecule has 0 spiro atoms. The van der Waals surface area contributed by atoms with Gasteiger partial charge >= 0.3 is 0 Å². The van der Waals surface area contributed by atoms with Crippen molar-refractivity contribution in [1.82, 2.24) is 5.32 Å². The Labute approximate surface area is 132 Å². The van der Waals surface area contributed by atoms with E-state index in [9.17, 15) is 4.79 Å². The van der Waals surface area contributed by atoms with Crippen molar-refractivity contribution < 1.29 is 4.79 Å². The summed E-state index contributed by atoms with van der Waals surface area (Å²) in [6.07, 6.45) is 1.85. The van der Waals surface area contributed by atoms with E-state index in [2.05, 4.69) is 17.4 Å². The first kappa shape index (κ1) is 16.2. The monoisotopic (exact) mass is 296 g/mol. The molecule has 2 unspecified atom stereocenters. The SMILES string of the molecule is Cc1ccc(C(N)C(=O)NC(C)CCc2ccccc2)cc1. The van der Waals surface area contributed by atoms with Crippen molar-refractivity contribution in [2.45, 2.75) is 38.8 Å². The molecule has 2 aromatic carbocycles. The molecule has 0 aliphatic carbocycles. The van der Waals surface area contributed by atoms with Crippen molar-refractivity contribution in [3.63, 3.8) is 0 Å². The van der Waals surface area contributed by atoms with Crippen molar-refractivity contribution >= 4 is 5.91 Å². The van der Waals surface area contributed by atoms with Gasteiger partial charge in [0, 0.05) is 6.04 Å². The Kier molecular flexibility index (Phi) is 5.73. The number of nitrogens with two attached hydrogens (primary N) is 1. The Hall–Kier alpha value is -2.13. The Morgan fingerprint density at radius 1 is 1.09 bits per heavy atom. The second-order valence-corrected chi connectivity index (χ2v) is 5.82. The van der Waals surface area contributed by atoms with Crippen LogP contribution in [0.4, 0.5) is 0 Å². The highest BCUT2D eigenvalue weighted by Gasteiger charge is 2.17.